The topological polar surface area (TPSA) is 48.4 Å². The van der Waals surface area contributed by atoms with Gasteiger partial charge in [-0.2, -0.15) is 0 Å². The minimum atomic E-state index is -2.79. The summed E-state index contributed by atoms with van der Waals surface area (Å²) >= 11 is 5.59. The number of hydrogen-bond donors (Lipinski definition) is 0. The van der Waals surface area contributed by atoms with Crippen molar-refractivity contribution in [1.29, 1.82) is 0 Å². The van der Waals surface area contributed by atoms with Crippen LogP contribution in [0.25, 0.3) is 0 Å². The molecule has 0 aliphatic carbocycles. The largest absolute Gasteiger partial charge is 0.495 e. The third kappa shape index (κ3) is 3.76. The van der Waals surface area contributed by atoms with Crippen LogP contribution in [0.15, 0.2) is 6.20 Å². The van der Waals surface area contributed by atoms with Gasteiger partial charge in [-0.15, -0.1) is 11.6 Å². The van der Waals surface area contributed by atoms with Crippen molar-refractivity contribution in [2.45, 2.75) is 25.7 Å². The smallest absolute Gasteiger partial charge is 0.310 e. The van der Waals surface area contributed by atoms with Crippen LogP contribution < -0.4 is 4.74 Å². The molecule has 0 aliphatic rings. The van der Waals surface area contributed by atoms with Gasteiger partial charge in [0, 0.05) is 11.1 Å². The highest BCUT2D eigenvalue weighted by molar-refractivity contribution is 6.17. The van der Waals surface area contributed by atoms with Gasteiger partial charge >= 0.3 is 5.97 Å². The molecule has 0 aromatic carbocycles. The van der Waals surface area contributed by atoms with Gasteiger partial charge in [-0.05, 0) is 6.92 Å². The van der Waals surface area contributed by atoms with Crippen LogP contribution in [0.4, 0.5) is 8.78 Å². The summed E-state index contributed by atoms with van der Waals surface area (Å²) in [5.41, 5.74) is -0.249. The van der Waals surface area contributed by atoms with E-state index in [-0.39, 0.29) is 41.5 Å². The normalized spacial score (nSPS) is 10.6. The SMILES string of the molecule is CCOC(=O)Cc1c(OC)cnc(CCl)c1C(F)F. The summed E-state index contributed by atoms with van der Waals surface area (Å²) in [7, 11) is 1.32. The Morgan fingerprint density at radius 2 is 2.21 bits per heavy atom. The predicted octanol–water partition coefficient (Wildman–Crippen LogP) is 2.87. The molecule has 0 fully saturated rings. The molecule has 0 spiro atoms. The van der Waals surface area contributed by atoms with Crippen LogP contribution in [0.1, 0.15) is 30.2 Å². The molecular formula is C12H14ClF2NO3. The quantitative estimate of drug-likeness (QED) is 0.598. The average Bonchev–Trinajstić information content (AvgIpc) is 2.37. The lowest BCUT2D eigenvalue weighted by atomic mass is 10.0. The van der Waals surface area contributed by atoms with Crippen LogP contribution in [-0.4, -0.2) is 24.7 Å². The second kappa shape index (κ2) is 7.23. The van der Waals surface area contributed by atoms with E-state index in [1.165, 1.54) is 13.3 Å². The summed E-state index contributed by atoms with van der Waals surface area (Å²) in [6.07, 6.45) is -1.82. The van der Waals surface area contributed by atoms with Crippen molar-refractivity contribution in [3.63, 3.8) is 0 Å². The van der Waals surface area contributed by atoms with E-state index in [1.54, 1.807) is 6.92 Å². The fourth-order valence-electron chi connectivity index (χ4n) is 1.67. The summed E-state index contributed by atoms with van der Waals surface area (Å²) < 4.78 is 36.0. The van der Waals surface area contributed by atoms with Gasteiger partial charge in [-0.3, -0.25) is 9.78 Å². The van der Waals surface area contributed by atoms with E-state index in [4.69, 9.17) is 21.1 Å². The molecule has 1 rings (SSSR count). The van der Waals surface area contributed by atoms with Crippen LogP contribution in [0, 0.1) is 0 Å². The molecule has 4 nitrogen and oxygen atoms in total. The van der Waals surface area contributed by atoms with Crippen molar-refractivity contribution in [2.75, 3.05) is 13.7 Å². The number of carbonyl (C=O) groups excluding carboxylic acids is 1. The summed E-state index contributed by atoms with van der Waals surface area (Å²) in [5.74, 6) is -0.647. The first-order valence-electron chi connectivity index (χ1n) is 5.59. The molecule has 0 aliphatic heterocycles. The highest BCUT2D eigenvalue weighted by Crippen LogP contribution is 2.33. The van der Waals surface area contributed by atoms with E-state index < -0.39 is 12.4 Å². The molecule has 7 heteroatoms. The molecule has 19 heavy (non-hydrogen) atoms. The number of methoxy groups -OCH3 is 1. The molecule has 0 amide bonds. The van der Waals surface area contributed by atoms with Crippen LogP contribution in [-0.2, 0) is 21.8 Å². The predicted molar refractivity (Wildman–Crippen MR) is 65.6 cm³/mol. The first-order valence-corrected chi connectivity index (χ1v) is 6.12. The number of esters is 1. The molecule has 0 atom stereocenters. The van der Waals surface area contributed by atoms with Gasteiger partial charge < -0.3 is 9.47 Å². The highest BCUT2D eigenvalue weighted by Gasteiger charge is 2.24. The van der Waals surface area contributed by atoms with Crippen LogP contribution in [0.2, 0.25) is 0 Å². The average molecular weight is 294 g/mol. The van der Waals surface area contributed by atoms with E-state index in [2.05, 4.69) is 4.98 Å². The van der Waals surface area contributed by atoms with Crippen molar-refractivity contribution in [2.24, 2.45) is 0 Å². The zero-order chi connectivity index (χ0) is 14.4. The van der Waals surface area contributed by atoms with Gasteiger partial charge in [0.1, 0.15) is 5.75 Å². The fourth-order valence-corrected chi connectivity index (χ4v) is 1.88. The molecule has 0 saturated carbocycles. The Morgan fingerprint density at radius 3 is 2.68 bits per heavy atom. The number of carbonyl (C=O) groups is 1. The Kier molecular flexibility index (Phi) is 5.95. The maximum atomic E-state index is 13.1. The third-order valence-corrected chi connectivity index (χ3v) is 2.72. The number of aromatic nitrogens is 1. The van der Waals surface area contributed by atoms with Gasteiger partial charge in [0.15, 0.2) is 0 Å². The van der Waals surface area contributed by atoms with Crippen LogP contribution in [0.5, 0.6) is 5.75 Å². The van der Waals surface area contributed by atoms with E-state index in [1.807, 2.05) is 0 Å². The minimum absolute atomic E-state index is 0.0387. The van der Waals surface area contributed by atoms with Gasteiger partial charge in [-0.25, -0.2) is 8.78 Å². The van der Waals surface area contributed by atoms with Gasteiger partial charge in [0.05, 0.1) is 37.9 Å². The summed E-state index contributed by atoms with van der Waals surface area (Å²) in [4.78, 5) is 15.3. The van der Waals surface area contributed by atoms with Crippen molar-refractivity contribution in [1.82, 2.24) is 4.98 Å². The zero-order valence-corrected chi connectivity index (χ0v) is 11.3. The Hall–Kier alpha value is -1.43. The first kappa shape index (κ1) is 15.6. The molecule has 0 unspecified atom stereocenters. The van der Waals surface area contributed by atoms with E-state index in [0.717, 1.165) is 0 Å². The molecule has 1 aromatic rings. The lowest BCUT2D eigenvalue weighted by Crippen LogP contribution is -2.13. The Bertz CT molecular complexity index is 455. The highest BCUT2D eigenvalue weighted by atomic mass is 35.5. The maximum Gasteiger partial charge on any atom is 0.310 e. The number of nitrogens with zero attached hydrogens (tertiary/aromatic N) is 1. The Labute approximate surface area is 114 Å². The lowest BCUT2D eigenvalue weighted by Gasteiger charge is -2.15. The zero-order valence-electron chi connectivity index (χ0n) is 10.6. The maximum absolute atomic E-state index is 13.1. The minimum Gasteiger partial charge on any atom is -0.495 e. The molecule has 106 valence electrons. The van der Waals surface area contributed by atoms with Crippen molar-refractivity contribution < 1.29 is 23.0 Å². The summed E-state index contributed by atoms with van der Waals surface area (Å²) in [6, 6.07) is 0. The standard InChI is InChI=1S/C12H14ClF2NO3/c1-3-19-10(17)4-7-9(18-2)6-16-8(5-13)11(7)12(14)15/h6,12H,3-5H2,1-2H3. The van der Waals surface area contributed by atoms with Gasteiger partial charge in [0.25, 0.3) is 6.43 Å². The van der Waals surface area contributed by atoms with Gasteiger partial charge in [0.2, 0.25) is 0 Å². The number of ether oxygens (including phenoxy) is 2. The lowest BCUT2D eigenvalue weighted by molar-refractivity contribution is -0.142. The Morgan fingerprint density at radius 1 is 1.53 bits per heavy atom. The van der Waals surface area contributed by atoms with Crippen LogP contribution >= 0.6 is 11.6 Å². The van der Waals surface area contributed by atoms with Gasteiger partial charge in [-0.1, -0.05) is 0 Å². The summed E-state index contributed by atoms with van der Waals surface area (Å²) in [6.45, 7) is 1.82. The Balaban J connectivity index is 3.26. The van der Waals surface area contributed by atoms with Crippen LogP contribution in [0.3, 0.4) is 0 Å². The number of hydrogen-bond acceptors (Lipinski definition) is 4. The van der Waals surface area contributed by atoms with Crippen molar-refractivity contribution in [3.8, 4) is 5.75 Å². The second-order valence-corrected chi connectivity index (χ2v) is 3.85. The number of halogens is 3. The molecule has 1 heterocycles. The van der Waals surface area contributed by atoms with E-state index in [0.29, 0.717) is 0 Å². The number of alkyl halides is 3. The molecule has 1 aromatic heterocycles. The second-order valence-electron chi connectivity index (χ2n) is 3.58. The monoisotopic (exact) mass is 293 g/mol. The first-order chi connectivity index (χ1) is 9.04. The fraction of sp³-hybridized carbons (Fsp3) is 0.500. The molecule has 0 bridgehead atoms. The summed E-state index contributed by atoms with van der Waals surface area (Å²) in [5, 5.41) is 0. The van der Waals surface area contributed by atoms with Crippen molar-refractivity contribution in [3.05, 3.63) is 23.0 Å². The van der Waals surface area contributed by atoms with E-state index in [9.17, 15) is 13.6 Å². The van der Waals surface area contributed by atoms with E-state index >= 15 is 0 Å². The molecule has 0 radical (unpaired) electrons. The number of rotatable bonds is 6. The number of pyridine rings is 1. The third-order valence-electron chi connectivity index (χ3n) is 2.46. The van der Waals surface area contributed by atoms with Crippen molar-refractivity contribution >= 4 is 17.6 Å². The molecule has 0 N–H and O–H groups in total. The molecule has 0 saturated heterocycles. The molecular weight excluding hydrogens is 280 g/mol.